The summed E-state index contributed by atoms with van der Waals surface area (Å²) >= 11 is 0. The first-order valence-corrected chi connectivity index (χ1v) is 9.95. The van der Waals surface area contributed by atoms with Crippen LogP contribution in [0.15, 0.2) is 29.1 Å². The highest BCUT2D eigenvalue weighted by atomic mass is 16.5. The second-order valence-electron chi connectivity index (χ2n) is 7.54. The van der Waals surface area contributed by atoms with E-state index in [1.54, 1.807) is 20.2 Å². The molecule has 0 fully saturated rings. The van der Waals surface area contributed by atoms with Crippen molar-refractivity contribution in [3.05, 3.63) is 51.2 Å². The van der Waals surface area contributed by atoms with Crippen molar-refractivity contribution >= 4 is 12.0 Å². The minimum absolute atomic E-state index is 0.327. The molecule has 9 nitrogen and oxygen atoms in total. The van der Waals surface area contributed by atoms with E-state index >= 15 is 0 Å². The highest BCUT2D eigenvalue weighted by Gasteiger charge is 2.30. The normalized spacial score (nSPS) is 14.3. The number of amides is 2. The Morgan fingerprint density at radius 3 is 2.31 bits per heavy atom. The predicted octanol–water partition coefficient (Wildman–Crippen LogP) is 2.70. The maximum atomic E-state index is 12.7. The van der Waals surface area contributed by atoms with Gasteiger partial charge in [0, 0.05) is 19.7 Å². The lowest BCUT2D eigenvalue weighted by Gasteiger charge is -2.21. The van der Waals surface area contributed by atoms with E-state index < -0.39 is 17.4 Å². The number of aryl methyl sites for hydroxylation is 1. The zero-order chi connectivity index (χ0) is 23.6. The number of aromatic carboxylic acids is 1. The van der Waals surface area contributed by atoms with Crippen molar-refractivity contribution in [1.82, 2.24) is 10.2 Å². The SMILES string of the molecule is COc1cc2c(c(OC)c1OC)-c1ccc(C(=O)O)c(=O)cc1C(NC(=O)N(C)C)CC2. The van der Waals surface area contributed by atoms with Gasteiger partial charge in [0.2, 0.25) is 5.75 Å². The third-order valence-corrected chi connectivity index (χ3v) is 5.47. The van der Waals surface area contributed by atoms with Gasteiger partial charge in [-0.3, -0.25) is 4.79 Å². The summed E-state index contributed by atoms with van der Waals surface area (Å²) in [5.74, 6) is -0.0639. The summed E-state index contributed by atoms with van der Waals surface area (Å²) in [7, 11) is 7.75. The number of methoxy groups -OCH3 is 3. The molecule has 32 heavy (non-hydrogen) atoms. The molecule has 0 aromatic heterocycles. The van der Waals surface area contributed by atoms with Crippen molar-refractivity contribution in [2.24, 2.45) is 0 Å². The highest BCUT2D eigenvalue weighted by Crippen LogP contribution is 2.50. The van der Waals surface area contributed by atoms with E-state index in [1.807, 2.05) is 6.07 Å². The summed E-state index contributed by atoms with van der Waals surface area (Å²) in [6.45, 7) is 0. The maximum Gasteiger partial charge on any atom is 0.339 e. The van der Waals surface area contributed by atoms with Crippen molar-refractivity contribution in [2.75, 3.05) is 35.4 Å². The molecule has 170 valence electrons. The quantitative estimate of drug-likeness (QED) is 0.732. The van der Waals surface area contributed by atoms with Crippen molar-refractivity contribution in [2.45, 2.75) is 18.9 Å². The Morgan fingerprint density at radius 1 is 1.06 bits per heavy atom. The number of carboxylic acids is 1. The van der Waals surface area contributed by atoms with E-state index in [2.05, 4.69) is 5.32 Å². The molecule has 1 atom stereocenters. The largest absolute Gasteiger partial charge is 0.493 e. The number of urea groups is 1. The van der Waals surface area contributed by atoms with Crippen LogP contribution in [0.2, 0.25) is 0 Å². The summed E-state index contributed by atoms with van der Waals surface area (Å²) in [6.07, 6.45) is 1.02. The standard InChI is InChI=1S/C23H26N2O7/c1-25(2)23(29)24-16-9-6-12-10-18(30-3)20(31-4)21(32-5)19(12)13-7-8-14(22(27)28)17(26)11-15(13)16/h7-8,10-11,16H,6,9H2,1-5H3,(H,24,29)(H,27,28). The summed E-state index contributed by atoms with van der Waals surface area (Å²) in [4.78, 5) is 38.2. The highest BCUT2D eigenvalue weighted by molar-refractivity contribution is 5.89. The third kappa shape index (κ3) is 4.05. The number of rotatable bonds is 5. The molecule has 1 aliphatic rings. The topological polar surface area (TPSA) is 114 Å². The lowest BCUT2D eigenvalue weighted by Crippen LogP contribution is -2.37. The average molecular weight is 442 g/mol. The molecule has 2 aromatic rings. The Kier molecular flexibility index (Phi) is 6.57. The van der Waals surface area contributed by atoms with Crippen LogP contribution in [0.5, 0.6) is 17.2 Å². The Morgan fingerprint density at radius 2 is 1.75 bits per heavy atom. The molecule has 1 unspecified atom stereocenters. The molecule has 0 saturated carbocycles. The van der Waals surface area contributed by atoms with Gasteiger partial charge >= 0.3 is 12.0 Å². The molecule has 0 saturated heterocycles. The van der Waals surface area contributed by atoms with Crippen LogP contribution >= 0.6 is 0 Å². The molecular weight excluding hydrogens is 416 g/mol. The van der Waals surface area contributed by atoms with Crippen LogP contribution in [0.25, 0.3) is 11.1 Å². The number of carbonyl (C=O) groups excluding carboxylic acids is 1. The van der Waals surface area contributed by atoms with Gasteiger partial charge in [-0.05, 0) is 47.7 Å². The lowest BCUT2D eigenvalue weighted by atomic mass is 9.95. The predicted molar refractivity (Wildman–Crippen MR) is 118 cm³/mol. The first kappa shape index (κ1) is 22.9. The van der Waals surface area contributed by atoms with Crippen molar-refractivity contribution in [3.63, 3.8) is 0 Å². The molecule has 9 heteroatoms. The fourth-order valence-corrected chi connectivity index (χ4v) is 3.92. The van der Waals surface area contributed by atoms with Crippen LogP contribution in [0, 0.1) is 0 Å². The number of fused-ring (bicyclic) bond motifs is 3. The fraction of sp³-hybridized carbons (Fsp3) is 0.348. The number of ether oxygens (including phenoxy) is 3. The zero-order valence-electron chi connectivity index (χ0n) is 18.6. The van der Waals surface area contributed by atoms with E-state index in [-0.39, 0.29) is 11.6 Å². The van der Waals surface area contributed by atoms with Crippen molar-refractivity contribution < 1.29 is 28.9 Å². The van der Waals surface area contributed by atoms with Gasteiger partial charge < -0.3 is 29.5 Å². The summed E-state index contributed by atoms with van der Waals surface area (Å²) in [5, 5.41) is 12.4. The van der Waals surface area contributed by atoms with Crippen LogP contribution in [-0.4, -0.2) is 57.4 Å². The van der Waals surface area contributed by atoms with Crippen LogP contribution in [-0.2, 0) is 6.42 Å². The molecule has 1 aliphatic carbocycles. The maximum absolute atomic E-state index is 12.7. The zero-order valence-corrected chi connectivity index (χ0v) is 18.6. The van der Waals surface area contributed by atoms with Gasteiger partial charge in [-0.25, -0.2) is 9.59 Å². The van der Waals surface area contributed by atoms with E-state index in [1.165, 1.54) is 38.4 Å². The molecule has 0 radical (unpaired) electrons. The van der Waals surface area contributed by atoms with E-state index in [0.717, 1.165) is 5.56 Å². The van der Waals surface area contributed by atoms with Gasteiger partial charge in [-0.1, -0.05) is 6.07 Å². The van der Waals surface area contributed by atoms with Gasteiger partial charge in [-0.15, -0.1) is 0 Å². The summed E-state index contributed by atoms with van der Waals surface area (Å²) in [5.41, 5.74) is 1.58. The Bertz CT molecular complexity index is 1130. The molecule has 0 heterocycles. The van der Waals surface area contributed by atoms with Crippen molar-refractivity contribution in [1.29, 1.82) is 0 Å². The molecule has 2 amide bonds. The van der Waals surface area contributed by atoms with Gasteiger partial charge in [0.1, 0.15) is 5.56 Å². The lowest BCUT2D eigenvalue weighted by molar-refractivity contribution is 0.0695. The average Bonchev–Trinajstić information content (AvgIpc) is 3.01. The number of nitrogens with zero attached hydrogens (tertiary/aromatic N) is 1. The van der Waals surface area contributed by atoms with Crippen LogP contribution < -0.4 is 25.0 Å². The van der Waals surface area contributed by atoms with Gasteiger partial charge in [0.25, 0.3) is 0 Å². The van der Waals surface area contributed by atoms with E-state index in [0.29, 0.717) is 46.8 Å². The summed E-state index contributed by atoms with van der Waals surface area (Å²) < 4.78 is 16.7. The van der Waals surface area contributed by atoms with Gasteiger partial charge in [-0.2, -0.15) is 0 Å². The molecule has 3 rings (SSSR count). The van der Waals surface area contributed by atoms with Gasteiger partial charge in [0.15, 0.2) is 16.9 Å². The van der Waals surface area contributed by atoms with E-state index in [4.69, 9.17) is 14.2 Å². The molecule has 0 bridgehead atoms. The molecular formula is C23H26N2O7. The Hall–Kier alpha value is -3.75. The van der Waals surface area contributed by atoms with E-state index in [9.17, 15) is 19.5 Å². The number of carboxylic acid groups (broad SMARTS) is 1. The molecule has 0 spiro atoms. The first-order valence-electron chi connectivity index (χ1n) is 9.95. The number of hydrogen-bond acceptors (Lipinski definition) is 6. The minimum atomic E-state index is -1.33. The van der Waals surface area contributed by atoms with Crippen LogP contribution in [0.1, 0.15) is 33.9 Å². The number of benzene rings is 1. The number of nitrogens with one attached hydrogen (secondary N) is 1. The number of carbonyl (C=O) groups is 2. The third-order valence-electron chi connectivity index (χ3n) is 5.47. The second kappa shape index (κ2) is 9.17. The first-order chi connectivity index (χ1) is 15.2. The summed E-state index contributed by atoms with van der Waals surface area (Å²) in [6, 6.07) is 5.11. The Labute approximate surface area is 185 Å². The minimum Gasteiger partial charge on any atom is -0.493 e. The fourth-order valence-electron chi connectivity index (χ4n) is 3.92. The smallest absolute Gasteiger partial charge is 0.339 e. The van der Waals surface area contributed by atoms with Crippen LogP contribution in [0.4, 0.5) is 4.79 Å². The Balaban J connectivity index is 2.39. The van der Waals surface area contributed by atoms with Gasteiger partial charge in [0.05, 0.1) is 27.4 Å². The van der Waals surface area contributed by atoms with Crippen molar-refractivity contribution in [3.8, 4) is 28.4 Å². The molecule has 2 aromatic carbocycles. The number of hydrogen-bond donors (Lipinski definition) is 2. The second-order valence-corrected chi connectivity index (χ2v) is 7.54. The van der Waals surface area contributed by atoms with Crippen LogP contribution in [0.3, 0.4) is 0 Å². The molecule has 2 N–H and O–H groups in total. The molecule has 0 aliphatic heterocycles. The monoisotopic (exact) mass is 442 g/mol.